The predicted molar refractivity (Wildman–Crippen MR) is 112 cm³/mol. The molecule has 2 N–H and O–H groups in total. The van der Waals surface area contributed by atoms with Gasteiger partial charge in [0.05, 0.1) is 27.1 Å². The van der Waals surface area contributed by atoms with E-state index in [9.17, 15) is 29.3 Å². The smallest absolute Gasteiger partial charge is 0.311 e. The van der Waals surface area contributed by atoms with Gasteiger partial charge in [0.1, 0.15) is 0 Å². The number of benzene rings is 2. The van der Waals surface area contributed by atoms with Crippen molar-refractivity contribution in [2.45, 2.75) is 6.42 Å². The largest absolute Gasteiger partial charge is 0.455 e. The first-order valence-electron chi connectivity index (χ1n) is 9.31. The number of carbonyl (C=O) groups is 4. The highest BCUT2D eigenvalue weighted by atomic mass is 35.5. The third-order valence-electron chi connectivity index (χ3n) is 4.59. The molecule has 1 aliphatic rings. The van der Waals surface area contributed by atoms with Gasteiger partial charge in [-0.25, -0.2) is 0 Å². The standard InChI is InChI=1S/C20H17ClN4O7/c21-16-7-2-1-6-15(16)19(28)23-22-17(26)11-32-20(29)12-8-18(27)24(10-12)13-4-3-5-14(9-13)25(30)31/h1-7,9,12H,8,10-11H2,(H,22,26)(H,23,28)/t12-/m1/s1. The van der Waals surface area contributed by atoms with Gasteiger partial charge in [-0.15, -0.1) is 0 Å². The van der Waals surface area contributed by atoms with Crippen molar-refractivity contribution in [3.63, 3.8) is 0 Å². The molecule has 2 aromatic rings. The van der Waals surface area contributed by atoms with Crippen molar-refractivity contribution in [1.82, 2.24) is 10.9 Å². The van der Waals surface area contributed by atoms with E-state index in [2.05, 4.69) is 10.9 Å². The van der Waals surface area contributed by atoms with E-state index in [1.54, 1.807) is 12.1 Å². The number of halogens is 1. The molecule has 0 saturated carbocycles. The first-order valence-corrected chi connectivity index (χ1v) is 9.69. The number of hydrogen-bond donors (Lipinski definition) is 2. The Balaban J connectivity index is 1.49. The highest BCUT2D eigenvalue weighted by Crippen LogP contribution is 2.28. The van der Waals surface area contributed by atoms with E-state index in [1.165, 1.54) is 41.3 Å². The van der Waals surface area contributed by atoms with Crippen LogP contribution in [0.4, 0.5) is 11.4 Å². The maximum Gasteiger partial charge on any atom is 0.311 e. The highest BCUT2D eigenvalue weighted by Gasteiger charge is 2.36. The SMILES string of the molecule is O=C(COC(=O)[C@@H]1CC(=O)N(c2cccc([N+](=O)[O-])c2)C1)NNC(=O)c1ccccc1Cl. The minimum absolute atomic E-state index is 0.0380. The molecule has 1 aliphatic heterocycles. The molecule has 0 spiro atoms. The van der Waals surface area contributed by atoms with Gasteiger partial charge in [-0.2, -0.15) is 0 Å². The summed E-state index contributed by atoms with van der Waals surface area (Å²) in [5.74, 6) is -3.46. The molecule has 1 fully saturated rings. The fourth-order valence-corrected chi connectivity index (χ4v) is 3.24. The Morgan fingerprint density at radius 3 is 2.62 bits per heavy atom. The number of anilines is 1. The number of hydrogen-bond acceptors (Lipinski definition) is 7. The number of nitro benzene ring substituents is 1. The molecule has 1 atom stereocenters. The molecule has 0 radical (unpaired) electrons. The Bertz CT molecular complexity index is 1090. The molecule has 12 heteroatoms. The van der Waals surface area contributed by atoms with Gasteiger partial charge >= 0.3 is 5.97 Å². The third kappa shape index (κ3) is 5.38. The van der Waals surface area contributed by atoms with E-state index in [0.717, 1.165) is 0 Å². The summed E-state index contributed by atoms with van der Waals surface area (Å²) < 4.78 is 4.93. The molecule has 0 aliphatic carbocycles. The van der Waals surface area contributed by atoms with Crippen molar-refractivity contribution >= 4 is 46.7 Å². The van der Waals surface area contributed by atoms with E-state index in [0.29, 0.717) is 5.69 Å². The van der Waals surface area contributed by atoms with Gasteiger partial charge in [-0.1, -0.05) is 29.8 Å². The third-order valence-corrected chi connectivity index (χ3v) is 4.92. The minimum Gasteiger partial charge on any atom is -0.455 e. The molecule has 2 aromatic carbocycles. The number of nitrogens with one attached hydrogen (secondary N) is 2. The van der Waals surface area contributed by atoms with Crippen LogP contribution in [0.25, 0.3) is 0 Å². The number of carbonyl (C=O) groups excluding carboxylic acids is 4. The lowest BCUT2D eigenvalue weighted by Gasteiger charge is -2.16. The number of rotatable bonds is 6. The van der Waals surface area contributed by atoms with Gasteiger partial charge in [0.15, 0.2) is 6.61 Å². The number of nitro groups is 1. The van der Waals surface area contributed by atoms with E-state index < -0.39 is 41.1 Å². The maximum atomic E-state index is 12.3. The molecule has 166 valence electrons. The lowest BCUT2D eigenvalue weighted by atomic mass is 10.1. The van der Waals surface area contributed by atoms with Crippen LogP contribution in [-0.4, -0.2) is 41.8 Å². The molecular formula is C20H17ClN4O7. The van der Waals surface area contributed by atoms with Crippen LogP contribution < -0.4 is 15.8 Å². The quantitative estimate of drug-likeness (QED) is 0.378. The Labute approximate surface area is 186 Å². The molecule has 11 nitrogen and oxygen atoms in total. The van der Waals surface area contributed by atoms with Gasteiger partial charge < -0.3 is 9.64 Å². The number of ether oxygens (including phenoxy) is 1. The summed E-state index contributed by atoms with van der Waals surface area (Å²) in [7, 11) is 0. The minimum atomic E-state index is -0.840. The molecule has 1 saturated heterocycles. The van der Waals surface area contributed by atoms with Gasteiger partial charge in [0, 0.05) is 25.1 Å². The Morgan fingerprint density at radius 2 is 1.91 bits per heavy atom. The average Bonchev–Trinajstić information content (AvgIpc) is 3.18. The van der Waals surface area contributed by atoms with Crippen LogP contribution >= 0.6 is 11.6 Å². The Hall–Kier alpha value is -3.99. The Kier molecular flexibility index (Phi) is 7.00. The zero-order chi connectivity index (χ0) is 23.3. The summed E-state index contributed by atoms with van der Waals surface area (Å²) in [6, 6.07) is 11.7. The van der Waals surface area contributed by atoms with Crippen LogP contribution in [0.5, 0.6) is 0 Å². The zero-order valence-corrected chi connectivity index (χ0v) is 17.2. The molecule has 0 unspecified atom stereocenters. The summed E-state index contributed by atoms with van der Waals surface area (Å²) >= 11 is 5.89. The fraction of sp³-hybridized carbons (Fsp3) is 0.200. The predicted octanol–water partition coefficient (Wildman–Crippen LogP) is 1.61. The second-order valence-electron chi connectivity index (χ2n) is 6.77. The van der Waals surface area contributed by atoms with Crippen LogP contribution in [0.2, 0.25) is 5.02 Å². The molecule has 3 amide bonds. The second kappa shape index (κ2) is 9.88. The summed E-state index contributed by atoms with van der Waals surface area (Å²) in [6.07, 6.45) is -0.160. The first-order chi connectivity index (χ1) is 15.3. The number of hydrazine groups is 1. The lowest BCUT2D eigenvalue weighted by Crippen LogP contribution is -2.44. The van der Waals surface area contributed by atoms with Gasteiger partial charge in [0.2, 0.25) is 5.91 Å². The lowest BCUT2D eigenvalue weighted by molar-refractivity contribution is -0.384. The monoisotopic (exact) mass is 460 g/mol. The summed E-state index contributed by atoms with van der Waals surface area (Å²) in [5, 5.41) is 11.1. The van der Waals surface area contributed by atoms with E-state index >= 15 is 0 Å². The van der Waals surface area contributed by atoms with E-state index in [1.807, 2.05) is 0 Å². The highest BCUT2D eigenvalue weighted by molar-refractivity contribution is 6.33. The zero-order valence-electron chi connectivity index (χ0n) is 16.4. The van der Waals surface area contributed by atoms with Gasteiger partial charge in [-0.3, -0.25) is 40.1 Å². The van der Waals surface area contributed by atoms with Crippen LogP contribution in [0.3, 0.4) is 0 Å². The topological polar surface area (TPSA) is 148 Å². The molecule has 3 rings (SSSR count). The van der Waals surface area contributed by atoms with Crippen molar-refractivity contribution in [3.8, 4) is 0 Å². The number of non-ortho nitro benzene ring substituents is 1. The van der Waals surface area contributed by atoms with Crippen LogP contribution in [0.1, 0.15) is 16.8 Å². The van der Waals surface area contributed by atoms with Crippen LogP contribution in [-0.2, 0) is 19.1 Å². The molecule has 32 heavy (non-hydrogen) atoms. The maximum absolute atomic E-state index is 12.3. The number of nitrogens with zero attached hydrogens (tertiary/aromatic N) is 2. The molecular weight excluding hydrogens is 444 g/mol. The van der Waals surface area contributed by atoms with Gasteiger partial charge in [0.25, 0.3) is 17.5 Å². The van der Waals surface area contributed by atoms with Crippen molar-refractivity contribution < 1.29 is 28.8 Å². The normalized spacial score (nSPS) is 15.2. The van der Waals surface area contributed by atoms with E-state index in [4.69, 9.17) is 16.3 Å². The molecule has 0 aromatic heterocycles. The van der Waals surface area contributed by atoms with Crippen LogP contribution in [0, 0.1) is 16.0 Å². The summed E-state index contributed by atoms with van der Waals surface area (Å²) in [6.45, 7) is -0.715. The van der Waals surface area contributed by atoms with Crippen molar-refractivity contribution in [1.29, 1.82) is 0 Å². The average molecular weight is 461 g/mol. The number of esters is 1. The first kappa shape index (κ1) is 22.7. The number of amides is 3. The second-order valence-corrected chi connectivity index (χ2v) is 7.18. The van der Waals surface area contributed by atoms with Crippen molar-refractivity contribution in [2.24, 2.45) is 5.92 Å². The van der Waals surface area contributed by atoms with E-state index in [-0.39, 0.29) is 29.2 Å². The van der Waals surface area contributed by atoms with Crippen molar-refractivity contribution in [3.05, 3.63) is 69.2 Å². The summed E-state index contributed by atoms with van der Waals surface area (Å²) in [5.41, 5.74) is 4.51. The molecule has 1 heterocycles. The summed E-state index contributed by atoms with van der Waals surface area (Å²) in [4.78, 5) is 60.0. The van der Waals surface area contributed by atoms with Crippen molar-refractivity contribution in [2.75, 3.05) is 18.1 Å². The fourth-order valence-electron chi connectivity index (χ4n) is 3.02. The van der Waals surface area contributed by atoms with Gasteiger partial charge in [-0.05, 0) is 18.2 Å². The molecule has 0 bridgehead atoms. The van der Waals surface area contributed by atoms with Crippen LogP contribution in [0.15, 0.2) is 48.5 Å². The Morgan fingerprint density at radius 1 is 1.16 bits per heavy atom.